The maximum Gasteiger partial charge on any atom is 0.223 e. The summed E-state index contributed by atoms with van der Waals surface area (Å²) in [5.41, 5.74) is 3.59. The average molecular weight is 284 g/mol. The number of carbonyl (C=O) groups excluding carboxylic acids is 1. The molecule has 0 radical (unpaired) electrons. The van der Waals surface area contributed by atoms with Crippen LogP contribution in [-0.4, -0.2) is 15.8 Å². The molecule has 0 N–H and O–H groups in total. The number of aromatic nitrogens is 1. The first-order valence-corrected chi connectivity index (χ1v) is 7.09. The van der Waals surface area contributed by atoms with E-state index in [0.29, 0.717) is 31.5 Å². The molecule has 1 aliphatic heterocycles. The van der Waals surface area contributed by atoms with Gasteiger partial charge in [-0.2, -0.15) is 0 Å². The summed E-state index contributed by atoms with van der Waals surface area (Å²) in [6.07, 6.45) is 2.72. The largest absolute Gasteiger partial charge is 0.332 e. The molecule has 0 saturated heterocycles. The van der Waals surface area contributed by atoms with Crippen molar-refractivity contribution in [1.29, 1.82) is 0 Å². The van der Waals surface area contributed by atoms with Gasteiger partial charge in [-0.25, -0.2) is 4.39 Å². The minimum absolute atomic E-state index is 0.0917. The lowest BCUT2D eigenvalue weighted by molar-refractivity contribution is -0.131. The van der Waals surface area contributed by atoms with Crippen molar-refractivity contribution in [2.45, 2.75) is 32.9 Å². The zero-order valence-corrected chi connectivity index (χ0v) is 12.0. The Kier molecular flexibility index (Phi) is 3.69. The van der Waals surface area contributed by atoms with Gasteiger partial charge in [0.1, 0.15) is 5.82 Å². The number of amides is 1. The minimum atomic E-state index is -0.210. The van der Waals surface area contributed by atoms with Crippen LogP contribution in [0.15, 0.2) is 36.5 Å². The zero-order valence-electron chi connectivity index (χ0n) is 12.0. The fourth-order valence-corrected chi connectivity index (χ4v) is 2.58. The molecule has 0 unspecified atom stereocenters. The highest BCUT2D eigenvalue weighted by atomic mass is 19.1. The van der Waals surface area contributed by atoms with Gasteiger partial charge in [-0.05, 0) is 42.2 Å². The normalized spacial score (nSPS) is 13.3. The van der Waals surface area contributed by atoms with Crippen LogP contribution in [0.3, 0.4) is 0 Å². The van der Waals surface area contributed by atoms with E-state index in [2.05, 4.69) is 4.98 Å². The van der Waals surface area contributed by atoms with Crippen molar-refractivity contribution < 1.29 is 9.18 Å². The Morgan fingerprint density at radius 2 is 2.19 bits per heavy atom. The van der Waals surface area contributed by atoms with Crippen molar-refractivity contribution in [1.82, 2.24) is 9.88 Å². The molecule has 1 aromatic heterocycles. The Hall–Kier alpha value is -2.23. The molecule has 0 aliphatic carbocycles. The van der Waals surface area contributed by atoms with Gasteiger partial charge in [0.2, 0.25) is 5.91 Å². The second-order valence-corrected chi connectivity index (χ2v) is 5.44. The standard InChI is InChI=1S/C17H17FN2O/c1-12-4-5-13(9-15(12)18)6-7-17(21)20-10-14-3-2-8-19-16(14)11-20/h2-5,8-9H,6-7,10-11H2,1H3. The number of carbonyl (C=O) groups is 1. The number of benzene rings is 1. The molecule has 1 amide bonds. The lowest BCUT2D eigenvalue weighted by atomic mass is 10.1. The molecule has 1 aromatic carbocycles. The van der Waals surface area contributed by atoms with Gasteiger partial charge in [0.25, 0.3) is 0 Å². The third-order valence-electron chi connectivity index (χ3n) is 3.90. The van der Waals surface area contributed by atoms with Gasteiger partial charge < -0.3 is 4.90 Å². The number of hydrogen-bond donors (Lipinski definition) is 0. The average Bonchev–Trinajstić information content (AvgIpc) is 2.92. The Labute approximate surface area is 123 Å². The SMILES string of the molecule is Cc1ccc(CCC(=O)N2Cc3cccnc3C2)cc1F. The Balaban J connectivity index is 1.59. The van der Waals surface area contributed by atoms with Crippen LogP contribution in [-0.2, 0) is 24.3 Å². The van der Waals surface area contributed by atoms with Crippen molar-refractivity contribution in [2.75, 3.05) is 0 Å². The van der Waals surface area contributed by atoms with Crippen LogP contribution in [0, 0.1) is 12.7 Å². The van der Waals surface area contributed by atoms with E-state index in [0.717, 1.165) is 16.8 Å². The third kappa shape index (κ3) is 2.94. The summed E-state index contributed by atoms with van der Waals surface area (Å²) in [5.74, 6) is -0.119. The van der Waals surface area contributed by atoms with Crippen LogP contribution < -0.4 is 0 Å². The molecular formula is C17H17FN2O. The number of halogens is 1. The van der Waals surface area contributed by atoms with Crippen LogP contribution >= 0.6 is 0 Å². The second-order valence-electron chi connectivity index (χ2n) is 5.44. The molecule has 0 saturated carbocycles. The Morgan fingerprint density at radius 3 is 2.95 bits per heavy atom. The van der Waals surface area contributed by atoms with Crippen LogP contribution in [0.2, 0.25) is 0 Å². The van der Waals surface area contributed by atoms with Gasteiger partial charge in [0.05, 0.1) is 12.2 Å². The highest BCUT2D eigenvalue weighted by Gasteiger charge is 2.23. The molecule has 0 bridgehead atoms. The fourth-order valence-electron chi connectivity index (χ4n) is 2.58. The second kappa shape index (κ2) is 5.64. The summed E-state index contributed by atoms with van der Waals surface area (Å²) in [5, 5.41) is 0. The molecule has 0 atom stereocenters. The molecule has 3 nitrogen and oxygen atoms in total. The molecule has 108 valence electrons. The first kappa shape index (κ1) is 13.7. The topological polar surface area (TPSA) is 33.2 Å². The van der Waals surface area contributed by atoms with E-state index in [9.17, 15) is 9.18 Å². The molecule has 3 rings (SSSR count). The van der Waals surface area contributed by atoms with Gasteiger partial charge in [0.15, 0.2) is 0 Å². The predicted octanol–water partition coefficient (Wildman–Crippen LogP) is 3.00. The highest BCUT2D eigenvalue weighted by molar-refractivity contribution is 5.77. The van der Waals surface area contributed by atoms with Crippen LogP contribution in [0.4, 0.5) is 4.39 Å². The summed E-state index contributed by atoms with van der Waals surface area (Å²) in [4.78, 5) is 18.3. The molecule has 0 spiro atoms. The number of nitrogens with zero attached hydrogens (tertiary/aromatic N) is 2. The molecule has 1 aliphatic rings. The predicted molar refractivity (Wildman–Crippen MR) is 77.9 cm³/mol. The van der Waals surface area contributed by atoms with Gasteiger partial charge in [-0.15, -0.1) is 0 Å². The number of fused-ring (bicyclic) bond motifs is 1. The van der Waals surface area contributed by atoms with E-state index in [1.807, 2.05) is 23.1 Å². The van der Waals surface area contributed by atoms with Crippen LogP contribution in [0.25, 0.3) is 0 Å². The van der Waals surface area contributed by atoms with E-state index in [1.54, 1.807) is 19.2 Å². The van der Waals surface area contributed by atoms with E-state index < -0.39 is 0 Å². The number of hydrogen-bond acceptors (Lipinski definition) is 2. The van der Waals surface area contributed by atoms with Gasteiger partial charge >= 0.3 is 0 Å². The smallest absolute Gasteiger partial charge is 0.223 e. The number of rotatable bonds is 3. The maximum absolute atomic E-state index is 13.5. The lowest BCUT2D eigenvalue weighted by Gasteiger charge is -2.15. The summed E-state index contributed by atoms with van der Waals surface area (Å²) < 4.78 is 13.5. The number of pyridine rings is 1. The van der Waals surface area contributed by atoms with Crippen LogP contribution in [0.5, 0.6) is 0 Å². The van der Waals surface area contributed by atoms with Crippen molar-refractivity contribution in [3.8, 4) is 0 Å². The molecule has 2 aromatic rings. The van der Waals surface area contributed by atoms with Crippen molar-refractivity contribution >= 4 is 5.91 Å². The molecule has 0 fully saturated rings. The van der Waals surface area contributed by atoms with Crippen molar-refractivity contribution in [2.24, 2.45) is 0 Å². The lowest BCUT2D eigenvalue weighted by Crippen LogP contribution is -2.25. The molecular weight excluding hydrogens is 267 g/mol. The van der Waals surface area contributed by atoms with Gasteiger partial charge in [-0.1, -0.05) is 18.2 Å². The van der Waals surface area contributed by atoms with Gasteiger partial charge in [0, 0.05) is 19.2 Å². The minimum Gasteiger partial charge on any atom is -0.332 e. The Bertz CT molecular complexity index is 659. The highest BCUT2D eigenvalue weighted by Crippen LogP contribution is 2.21. The fraction of sp³-hybridized carbons (Fsp3) is 0.294. The maximum atomic E-state index is 13.5. The summed E-state index contributed by atoms with van der Waals surface area (Å²) in [6.45, 7) is 2.94. The van der Waals surface area contributed by atoms with E-state index >= 15 is 0 Å². The summed E-state index contributed by atoms with van der Waals surface area (Å²) in [7, 11) is 0. The first-order chi connectivity index (χ1) is 10.1. The first-order valence-electron chi connectivity index (χ1n) is 7.09. The van der Waals surface area contributed by atoms with E-state index in [4.69, 9.17) is 0 Å². The van der Waals surface area contributed by atoms with E-state index in [1.165, 1.54) is 6.07 Å². The third-order valence-corrected chi connectivity index (χ3v) is 3.90. The Morgan fingerprint density at radius 1 is 1.33 bits per heavy atom. The van der Waals surface area contributed by atoms with E-state index in [-0.39, 0.29) is 11.7 Å². The molecule has 4 heteroatoms. The van der Waals surface area contributed by atoms with Gasteiger partial charge in [-0.3, -0.25) is 9.78 Å². The quantitative estimate of drug-likeness (QED) is 0.868. The molecule has 2 heterocycles. The number of aryl methyl sites for hydroxylation is 2. The summed E-state index contributed by atoms with van der Waals surface area (Å²) >= 11 is 0. The van der Waals surface area contributed by atoms with Crippen molar-refractivity contribution in [3.05, 3.63) is 64.7 Å². The van der Waals surface area contributed by atoms with Crippen LogP contribution in [0.1, 0.15) is 28.8 Å². The van der Waals surface area contributed by atoms with Crippen molar-refractivity contribution in [3.63, 3.8) is 0 Å². The monoisotopic (exact) mass is 284 g/mol. The zero-order chi connectivity index (χ0) is 14.8. The summed E-state index contributed by atoms with van der Waals surface area (Å²) in [6, 6.07) is 9.05. The molecule has 21 heavy (non-hydrogen) atoms.